The second-order valence-electron chi connectivity index (χ2n) is 11.0. The van der Waals surface area contributed by atoms with Crippen LogP contribution in [0.5, 0.6) is 0 Å². The highest BCUT2D eigenvalue weighted by Crippen LogP contribution is 2.57. The minimum absolute atomic E-state index is 0.0296. The van der Waals surface area contributed by atoms with Crippen LogP contribution in [-0.2, 0) is 9.53 Å². The molecule has 2 aliphatic carbocycles. The number of hydrogen-bond donors (Lipinski definition) is 0. The van der Waals surface area contributed by atoms with Crippen LogP contribution in [0.25, 0.3) is 0 Å². The molecular weight excluding hydrogens is 384 g/mol. The van der Waals surface area contributed by atoms with E-state index in [1.165, 1.54) is 29.7 Å². The van der Waals surface area contributed by atoms with Crippen molar-refractivity contribution in [3.8, 4) is 0 Å². The molecule has 0 bridgehead atoms. The molecule has 0 aromatic heterocycles. The zero-order valence-corrected chi connectivity index (χ0v) is 19.5. The molecule has 0 radical (unpaired) electrons. The Labute approximate surface area is 187 Å². The lowest BCUT2D eigenvalue weighted by atomic mass is 9.55. The van der Waals surface area contributed by atoms with Gasteiger partial charge >= 0.3 is 5.97 Å². The molecule has 168 valence electrons. The predicted molar refractivity (Wildman–Crippen MR) is 125 cm³/mol. The molecule has 0 unspecified atom stereocenters. The van der Waals surface area contributed by atoms with Gasteiger partial charge in [-0.3, -0.25) is 9.69 Å². The molecule has 2 saturated carbocycles. The minimum atomic E-state index is 0.0296. The van der Waals surface area contributed by atoms with Crippen molar-refractivity contribution in [3.05, 3.63) is 42.0 Å². The lowest BCUT2D eigenvalue weighted by molar-refractivity contribution is -0.146. The van der Waals surface area contributed by atoms with E-state index in [2.05, 4.69) is 61.4 Å². The number of fused-ring (bicyclic) bond motifs is 2. The van der Waals surface area contributed by atoms with Gasteiger partial charge in [-0.05, 0) is 75.0 Å². The van der Waals surface area contributed by atoms with Crippen LogP contribution in [-0.4, -0.2) is 49.2 Å². The number of benzene rings is 1. The fourth-order valence-electron chi connectivity index (χ4n) is 7.13. The summed E-state index contributed by atoms with van der Waals surface area (Å²) < 4.78 is 5.99. The zero-order valence-electron chi connectivity index (χ0n) is 19.5. The number of hydrogen-bond acceptors (Lipinski definition) is 4. The van der Waals surface area contributed by atoms with Crippen LogP contribution < -0.4 is 4.90 Å². The van der Waals surface area contributed by atoms with Crippen LogP contribution in [0.3, 0.4) is 0 Å². The normalized spacial score (nSPS) is 38.5. The minimum Gasteiger partial charge on any atom is -0.462 e. The Balaban J connectivity index is 1.25. The summed E-state index contributed by atoms with van der Waals surface area (Å²) in [7, 11) is 0. The highest BCUT2D eigenvalue weighted by molar-refractivity contribution is 5.75. The topological polar surface area (TPSA) is 32.8 Å². The van der Waals surface area contributed by atoms with E-state index in [0.717, 1.165) is 45.4 Å². The Morgan fingerprint density at radius 1 is 1.29 bits per heavy atom. The first-order valence-corrected chi connectivity index (χ1v) is 12.3. The summed E-state index contributed by atoms with van der Waals surface area (Å²) in [6.07, 6.45) is 5.89. The van der Waals surface area contributed by atoms with Crippen molar-refractivity contribution in [1.29, 1.82) is 0 Å². The summed E-state index contributed by atoms with van der Waals surface area (Å²) in [5.41, 5.74) is 4.32. The summed E-state index contributed by atoms with van der Waals surface area (Å²) in [4.78, 5) is 17.9. The average molecular weight is 423 g/mol. The highest BCUT2D eigenvalue weighted by Gasteiger charge is 2.55. The van der Waals surface area contributed by atoms with E-state index in [0.29, 0.717) is 17.9 Å². The van der Waals surface area contributed by atoms with Crippen LogP contribution >= 0.6 is 0 Å². The van der Waals surface area contributed by atoms with E-state index in [9.17, 15) is 4.79 Å². The van der Waals surface area contributed by atoms with Crippen molar-refractivity contribution in [2.24, 2.45) is 23.2 Å². The molecule has 4 aliphatic rings. The van der Waals surface area contributed by atoms with Gasteiger partial charge in [0.2, 0.25) is 0 Å². The molecule has 0 amide bonds. The number of rotatable bonds is 3. The van der Waals surface area contributed by atoms with Gasteiger partial charge in [0.25, 0.3) is 0 Å². The molecule has 4 heteroatoms. The fourth-order valence-corrected chi connectivity index (χ4v) is 7.13. The monoisotopic (exact) mass is 422 g/mol. The molecule has 5 rings (SSSR count). The first-order valence-electron chi connectivity index (χ1n) is 12.3. The molecule has 4 nitrogen and oxygen atoms in total. The summed E-state index contributed by atoms with van der Waals surface area (Å²) in [6, 6.07) is 9.24. The van der Waals surface area contributed by atoms with Gasteiger partial charge in [0.05, 0.1) is 5.92 Å². The molecule has 0 spiro atoms. The predicted octanol–water partition coefficient (Wildman–Crippen LogP) is 4.82. The van der Waals surface area contributed by atoms with Crippen molar-refractivity contribution in [3.63, 3.8) is 0 Å². The second-order valence-corrected chi connectivity index (χ2v) is 11.0. The Hall–Kier alpha value is -1.81. The van der Waals surface area contributed by atoms with E-state index < -0.39 is 0 Å². The molecule has 2 saturated heterocycles. The van der Waals surface area contributed by atoms with Crippen LogP contribution in [0.15, 0.2) is 36.4 Å². The highest BCUT2D eigenvalue weighted by atomic mass is 16.6. The standard InChI is InChI=1S/C27H38N2O2/c1-18-7-5-9-21(13-18)29-12-11-28(16-20(29)3)17-23-22-14-24-19(2)8-6-10-27(24,4)15-25(22)31-26(23)30/h5,7,9,13,20,22-25H,2,6,8,10-12,14-17H2,1,3-4H3/t20-,22-,23+,24+,25-,27-/m1/s1. The number of aryl methyl sites for hydroxylation is 1. The lowest BCUT2D eigenvalue weighted by Gasteiger charge is -2.50. The van der Waals surface area contributed by atoms with E-state index >= 15 is 0 Å². The van der Waals surface area contributed by atoms with Crippen LogP contribution in [0.1, 0.15) is 51.5 Å². The van der Waals surface area contributed by atoms with Crippen molar-refractivity contribution < 1.29 is 9.53 Å². The summed E-state index contributed by atoms with van der Waals surface area (Å²) in [5.74, 6) is 1.01. The molecule has 2 aliphatic heterocycles. The average Bonchev–Trinajstić information content (AvgIpc) is 3.00. The third-order valence-electron chi connectivity index (χ3n) is 8.82. The van der Waals surface area contributed by atoms with Gasteiger partial charge in [-0.1, -0.05) is 31.2 Å². The molecule has 4 fully saturated rings. The fraction of sp³-hybridized carbons (Fsp3) is 0.667. The van der Waals surface area contributed by atoms with Gasteiger partial charge in [-0.2, -0.15) is 0 Å². The Bertz CT molecular complexity index is 867. The zero-order chi connectivity index (χ0) is 21.8. The number of carbonyl (C=O) groups is 1. The number of anilines is 1. The van der Waals surface area contributed by atoms with E-state index in [-0.39, 0.29) is 23.4 Å². The Morgan fingerprint density at radius 2 is 2.13 bits per heavy atom. The molecule has 1 aromatic rings. The molecule has 6 atom stereocenters. The number of allylic oxidation sites excluding steroid dienone is 1. The van der Waals surface area contributed by atoms with Crippen LogP contribution in [0, 0.1) is 30.1 Å². The van der Waals surface area contributed by atoms with Gasteiger partial charge in [0.1, 0.15) is 6.10 Å². The maximum atomic E-state index is 12.9. The first-order chi connectivity index (χ1) is 14.8. The smallest absolute Gasteiger partial charge is 0.310 e. The van der Waals surface area contributed by atoms with Gasteiger partial charge in [-0.15, -0.1) is 0 Å². The molecule has 31 heavy (non-hydrogen) atoms. The van der Waals surface area contributed by atoms with Gasteiger partial charge in [-0.25, -0.2) is 0 Å². The first kappa shape index (κ1) is 21.1. The van der Waals surface area contributed by atoms with Crippen molar-refractivity contribution in [1.82, 2.24) is 4.90 Å². The molecule has 0 N–H and O–H groups in total. The van der Waals surface area contributed by atoms with Crippen molar-refractivity contribution >= 4 is 11.7 Å². The summed E-state index contributed by atoms with van der Waals surface area (Å²) >= 11 is 0. The van der Waals surface area contributed by atoms with Gasteiger partial charge in [0.15, 0.2) is 0 Å². The lowest BCUT2D eigenvalue weighted by Crippen LogP contribution is -2.54. The number of carbonyl (C=O) groups excluding carboxylic acids is 1. The van der Waals surface area contributed by atoms with Crippen LogP contribution in [0.2, 0.25) is 0 Å². The second kappa shape index (κ2) is 7.95. The number of ether oxygens (including phenoxy) is 1. The van der Waals surface area contributed by atoms with E-state index in [1.807, 2.05) is 0 Å². The molecule has 2 heterocycles. The Morgan fingerprint density at radius 3 is 2.90 bits per heavy atom. The summed E-state index contributed by atoms with van der Waals surface area (Å²) in [6.45, 7) is 15.2. The third-order valence-corrected chi connectivity index (χ3v) is 8.82. The maximum Gasteiger partial charge on any atom is 0.310 e. The Kier molecular flexibility index (Phi) is 5.40. The maximum absolute atomic E-state index is 12.9. The van der Waals surface area contributed by atoms with Gasteiger partial charge in [0, 0.05) is 43.8 Å². The van der Waals surface area contributed by atoms with Gasteiger partial charge < -0.3 is 9.64 Å². The number of piperazine rings is 1. The van der Waals surface area contributed by atoms with Crippen LogP contribution in [0.4, 0.5) is 5.69 Å². The largest absolute Gasteiger partial charge is 0.462 e. The van der Waals surface area contributed by atoms with E-state index in [4.69, 9.17) is 4.74 Å². The molecular formula is C27H38N2O2. The van der Waals surface area contributed by atoms with E-state index in [1.54, 1.807) is 0 Å². The van der Waals surface area contributed by atoms with Crippen molar-refractivity contribution in [2.75, 3.05) is 31.1 Å². The quantitative estimate of drug-likeness (QED) is 0.516. The SMILES string of the molecule is C=C1CCC[C@]2(C)C[C@H]3OC(=O)[C@@H](CN4CCN(c5cccc(C)c5)[C@H](C)C4)[C@H]3C[C@@H]12. The summed E-state index contributed by atoms with van der Waals surface area (Å²) in [5, 5.41) is 0. The molecule has 1 aromatic carbocycles. The number of esters is 1. The number of nitrogens with zero attached hydrogens (tertiary/aromatic N) is 2. The van der Waals surface area contributed by atoms with Crippen molar-refractivity contribution in [2.45, 2.75) is 65.0 Å². The third kappa shape index (κ3) is 3.82.